The number of thioether (sulfide) groups is 1. The highest BCUT2D eigenvalue weighted by Gasteiger charge is 2.32. The van der Waals surface area contributed by atoms with Crippen LogP contribution in [0, 0.1) is 6.92 Å². The van der Waals surface area contributed by atoms with E-state index in [1.165, 1.54) is 7.11 Å². The van der Waals surface area contributed by atoms with Crippen molar-refractivity contribution >= 4 is 23.5 Å². The van der Waals surface area contributed by atoms with Crippen LogP contribution < -0.4 is 5.32 Å². The first-order chi connectivity index (χ1) is 14.0. The van der Waals surface area contributed by atoms with E-state index < -0.39 is 0 Å². The molecule has 2 aromatic heterocycles. The van der Waals surface area contributed by atoms with Gasteiger partial charge in [0.2, 0.25) is 0 Å². The Morgan fingerprint density at radius 3 is 2.86 bits per heavy atom. The van der Waals surface area contributed by atoms with Gasteiger partial charge in [0.1, 0.15) is 17.8 Å². The quantitative estimate of drug-likeness (QED) is 0.662. The fraction of sp³-hybridized carbons (Fsp3) is 0.333. The lowest BCUT2D eigenvalue weighted by atomic mass is 9.96. The molecule has 4 rings (SSSR count). The monoisotopic (exact) mass is 409 g/mol. The van der Waals surface area contributed by atoms with Crippen LogP contribution in [-0.4, -0.2) is 44.6 Å². The van der Waals surface area contributed by atoms with Gasteiger partial charge in [-0.05, 0) is 43.2 Å². The van der Waals surface area contributed by atoms with E-state index in [0.717, 1.165) is 39.6 Å². The number of hydrogen-bond acceptors (Lipinski definition) is 7. The van der Waals surface area contributed by atoms with Crippen LogP contribution >= 0.6 is 11.8 Å². The van der Waals surface area contributed by atoms with E-state index in [4.69, 9.17) is 9.84 Å². The fourth-order valence-electron chi connectivity index (χ4n) is 3.64. The van der Waals surface area contributed by atoms with Gasteiger partial charge in [0, 0.05) is 30.6 Å². The number of ether oxygens (including phenoxy) is 1. The van der Waals surface area contributed by atoms with Crippen LogP contribution in [0.3, 0.4) is 0 Å². The molecule has 150 valence electrons. The lowest BCUT2D eigenvalue weighted by molar-refractivity contribution is 0.0600. The topological polar surface area (TPSA) is 81.9 Å². The average molecular weight is 410 g/mol. The van der Waals surface area contributed by atoms with E-state index in [-0.39, 0.29) is 11.2 Å². The average Bonchev–Trinajstić information content (AvgIpc) is 2.94. The van der Waals surface area contributed by atoms with E-state index in [1.54, 1.807) is 12.5 Å². The Morgan fingerprint density at radius 1 is 1.34 bits per heavy atom. The summed E-state index contributed by atoms with van der Waals surface area (Å²) < 4.78 is 6.75. The number of methoxy groups -OCH3 is 1. The second kappa shape index (κ2) is 7.87. The molecule has 0 saturated heterocycles. The maximum Gasteiger partial charge on any atom is 0.337 e. The fourth-order valence-corrected chi connectivity index (χ4v) is 5.04. The first-order valence-electron chi connectivity index (χ1n) is 9.40. The molecule has 8 heteroatoms. The number of esters is 1. The van der Waals surface area contributed by atoms with Crippen LogP contribution in [0.5, 0.6) is 0 Å². The Bertz CT molecular complexity index is 1050. The normalized spacial score (nSPS) is 18.5. The molecule has 1 aliphatic heterocycles. The van der Waals surface area contributed by atoms with Crippen molar-refractivity contribution in [2.75, 3.05) is 18.2 Å². The van der Waals surface area contributed by atoms with Gasteiger partial charge >= 0.3 is 5.97 Å². The number of rotatable bonds is 3. The van der Waals surface area contributed by atoms with Gasteiger partial charge in [-0.3, -0.25) is 4.68 Å². The van der Waals surface area contributed by atoms with Crippen LogP contribution in [0.1, 0.15) is 39.2 Å². The van der Waals surface area contributed by atoms with Crippen LogP contribution in [0.15, 0.2) is 36.8 Å². The molecule has 1 N–H and O–H groups in total. The van der Waals surface area contributed by atoms with E-state index >= 15 is 0 Å². The second-order valence-corrected chi connectivity index (χ2v) is 8.29. The summed E-state index contributed by atoms with van der Waals surface area (Å²) in [4.78, 5) is 20.4. The molecule has 29 heavy (non-hydrogen) atoms. The molecule has 0 saturated carbocycles. The highest BCUT2D eigenvalue weighted by molar-refractivity contribution is 7.99. The van der Waals surface area contributed by atoms with E-state index in [1.807, 2.05) is 54.7 Å². The highest BCUT2D eigenvalue weighted by atomic mass is 32.2. The van der Waals surface area contributed by atoms with Crippen molar-refractivity contribution in [2.45, 2.75) is 25.1 Å². The molecule has 2 unspecified atom stereocenters. The Labute approximate surface area is 173 Å². The minimum atomic E-state index is -0.327. The number of aryl methyl sites for hydroxylation is 2. The number of benzene rings is 1. The van der Waals surface area contributed by atoms with Crippen molar-refractivity contribution in [3.63, 3.8) is 0 Å². The molecule has 0 amide bonds. The first-order valence-corrected chi connectivity index (χ1v) is 10.4. The van der Waals surface area contributed by atoms with Gasteiger partial charge in [-0.2, -0.15) is 5.10 Å². The van der Waals surface area contributed by atoms with Crippen molar-refractivity contribution < 1.29 is 9.53 Å². The molecule has 0 bridgehead atoms. The maximum absolute atomic E-state index is 11.9. The lowest BCUT2D eigenvalue weighted by Gasteiger charge is -2.19. The summed E-state index contributed by atoms with van der Waals surface area (Å²) in [6.45, 7) is 4.20. The van der Waals surface area contributed by atoms with E-state index in [9.17, 15) is 4.79 Å². The smallest absolute Gasteiger partial charge is 0.337 e. The van der Waals surface area contributed by atoms with E-state index in [2.05, 4.69) is 22.2 Å². The van der Waals surface area contributed by atoms with Crippen LogP contribution in [0.4, 0.5) is 5.82 Å². The predicted octanol–water partition coefficient (Wildman–Crippen LogP) is 3.61. The van der Waals surface area contributed by atoms with Crippen LogP contribution in [0.2, 0.25) is 0 Å². The Kier molecular flexibility index (Phi) is 5.27. The number of carbonyl (C=O) groups is 1. The number of anilines is 1. The third-order valence-corrected chi connectivity index (χ3v) is 6.56. The molecule has 7 nitrogen and oxygen atoms in total. The molecule has 0 aliphatic carbocycles. The van der Waals surface area contributed by atoms with Crippen molar-refractivity contribution in [3.8, 4) is 11.4 Å². The molecule has 0 fully saturated rings. The summed E-state index contributed by atoms with van der Waals surface area (Å²) in [5, 5.41) is 8.44. The van der Waals surface area contributed by atoms with Gasteiger partial charge in [0.25, 0.3) is 0 Å². The molecular weight excluding hydrogens is 386 g/mol. The maximum atomic E-state index is 11.9. The lowest BCUT2D eigenvalue weighted by Crippen LogP contribution is -2.18. The summed E-state index contributed by atoms with van der Waals surface area (Å²) in [6.07, 6.45) is 3.27. The van der Waals surface area contributed by atoms with Crippen LogP contribution in [-0.2, 0) is 11.8 Å². The Hall–Kier alpha value is -2.87. The standard InChI is InChI=1S/C21H23N5O2S/c1-12-9-14(21(27)28-4)5-6-15(12)19-17-18(16-7-8-22-11-23-16)25-26(3)20(17)24-13(2)10-29-19/h5-9,11,13,19,24H,10H2,1-4H3. The molecule has 0 spiro atoms. The second-order valence-electron chi connectivity index (χ2n) is 7.15. The zero-order valence-electron chi connectivity index (χ0n) is 16.8. The van der Waals surface area contributed by atoms with Gasteiger partial charge in [-0.1, -0.05) is 6.07 Å². The molecule has 3 aromatic rings. The molecule has 1 aromatic carbocycles. The molecule has 3 heterocycles. The largest absolute Gasteiger partial charge is 0.465 e. The number of aromatic nitrogens is 4. The Balaban J connectivity index is 1.88. The summed E-state index contributed by atoms with van der Waals surface area (Å²) in [6, 6.07) is 7.93. The molecule has 1 aliphatic rings. The number of hydrogen-bond donors (Lipinski definition) is 1. The van der Waals surface area contributed by atoms with Gasteiger partial charge in [0.15, 0.2) is 0 Å². The molecular formula is C21H23N5O2S. The number of fused-ring (bicyclic) bond motifs is 1. The van der Waals surface area contributed by atoms with Crippen molar-refractivity contribution in [2.24, 2.45) is 7.05 Å². The van der Waals surface area contributed by atoms with Crippen LogP contribution in [0.25, 0.3) is 11.4 Å². The summed E-state index contributed by atoms with van der Waals surface area (Å²) in [7, 11) is 3.35. The van der Waals surface area contributed by atoms with Gasteiger partial charge < -0.3 is 10.1 Å². The summed E-state index contributed by atoms with van der Waals surface area (Å²) >= 11 is 1.87. The van der Waals surface area contributed by atoms with Crippen molar-refractivity contribution in [1.29, 1.82) is 0 Å². The third kappa shape index (κ3) is 3.60. The van der Waals surface area contributed by atoms with Crippen molar-refractivity contribution in [1.82, 2.24) is 19.7 Å². The number of nitrogens with zero attached hydrogens (tertiary/aromatic N) is 4. The van der Waals surface area contributed by atoms with Gasteiger partial charge in [-0.15, -0.1) is 11.8 Å². The van der Waals surface area contributed by atoms with E-state index in [0.29, 0.717) is 11.6 Å². The summed E-state index contributed by atoms with van der Waals surface area (Å²) in [5.74, 6) is 1.62. The number of nitrogens with one attached hydrogen (secondary N) is 1. The first kappa shape index (κ1) is 19.4. The van der Waals surface area contributed by atoms with Crippen molar-refractivity contribution in [3.05, 3.63) is 59.0 Å². The van der Waals surface area contributed by atoms with Gasteiger partial charge in [0.05, 0.1) is 23.6 Å². The molecule has 0 radical (unpaired) electrons. The highest BCUT2D eigenvalue weighted by Crippen LogP contribution is 2.47. The molecule has 2 atom stereocenters. The minimum Gasteiger partial charge on any atom is -0.465 e. The summed E-state index contributed by atoms with van der Waals surface area (Å²) in [5.41, 5.74) is 5.50. The zero-order valence-corrected chi connectivity index (χ0v) is 17.7. The number of carbonyl (C=O) groups excluding carboxylic acids is 1. The predicted molar refractivity (Wildman–Crippen MR) is 114 cm³/mol. The SMILES string of the molecule is COC(=O)c1ccc(C2SCC(C)Nc3c2c(-c2ccncn2)nn3C)c(C)c1. The third-order valence-electron chi connectivity index (χ3n) is 5.04. The zero-order chi connectivity index (χ0) is 20.5. The van der Waals surface area contributed by atoms with Gasteiger partial charge in [-0.25, -0.2) is 14.8 Å². The minimum absolute atomic E-state index is 0.0628. The Morgan fingerprint density at radius 2 is 2.17 bits per heavy atom.